The average molecular weight is 393 g/mol. The second-order valence-electron chi connectivity index (χ2n) is 3.44. The summed E-state index contributed by atoms with van der Waals surface area (Å²) >= 11 is 8.63. The van der Waals surface area contributed by atoms with E-state index in [9.17, 15) is 0 Å². The molecule has 0 aliphatic heterocycles. The van der Waals surface area contributed by atoms with Crippen molar-refractivity contribution in [2.24, 2.45) is 0 Å². The van der Waals surface area contributed by atoms with Crippen molar-refractivity contribution in [1.29, 1.82) is 0 Å². The van der Waals surface area contributed by atoms with Crippen LogP contribution in [0.5, 0.6) is 5.88 Å². The van der Waals surface area contributed by atoms with E-state index in [-0.39, 0.29) is 6.04 Å². The summed E-state index contributed by atoms with van der Waals surface area (Å²) in [6.45, 7) is 0. The lowest BCUT2D eigenvalue weighted by Gasteiger charge is -2.15. The molecule has 0 aromatic carbocycles. The molecule has 0 spiro atoms. The van der Waals surface area contributed by atoms with E-state index in [0.29, 0.717) is 5.88 Å². The first-order chi connectivity index (χ1) is 8.67. The summed E-state index contributed by atoms with van der Waals surface area (Å²) in [5.41, 5.74) is 0.781. The standard InChI is InChI=1S/C11H11Br2N3OS/c1-14-8(7-5-6(12)10(13)18-7)9-11(17-2)16-4-3-15-9/h3-5,8,14H,1-2H3. The summed E-state index contributed by atoms with van der Waals surface area (Å²) < 4.78 is 7.34. The minimum absolute atomic E-state index is 0.0405. The molecule has 0 saturated heterocycles. The van der Waals surface area contributed by atoms with Gasteiger partial charge in [-0.15, -0.1) is 11.3 Å². The van der Waals surface area contributed by atoms with Crippen LogP contribution in [0, 0.1) is 0 Å². The SMILES string of the molecule is CNC(c1cc(Br)c(Br)s1)c1nccnc1OC. The molecule has 0 aliphatic carbocycles. The average Bonchev–Trinajstić information content (AvgIpc) is 2.71. The zero-order valence-corrected chi connectivity index (χ0v) is 13.8. The third kappa shape index (κ3) is 2.74. The predicted molar refractivity (Wildman–Crippen MR) is 79.2 cm³/mol. The fourth-order valence-electron chi connectivity index (χ4n) is 1.61. The minimum Gasteiger partial charge on any atom is -0.480 e. The molecular formula is C11H11Br2N3OS. The summed E-state index contributed by atoms with van der Waals surface area (Å²) in [5, 5.41) is 3.24. The Bertz CT molecular complexity index is 527. The first-order valence-corrected chi connectivity index (χ1v) is 7.54. The number of halogens is 2. The van der Waals surface area contributed by atoms with Crippen LogP contribution in [0.1, 0.15) is 16.6 Å². The van der Waals surface area contributed by atoms with Crippen molar-refractivity contribution in [3.05, 3.63) is 37.3 Å². The van der Waals surface area contributed by atoms with Gasteiger partial charge in [0.15, 0.2) is 0 Å². The topological polar surface area (TPSA) is 47.0 Å². The Labute approximate surface area is 126 Å². The first kappa shape index (κ1) is 13.9. The molecule has 18 heavy (non-hydrogen) atoms. The van der Waals surface area contributed by atoms with Crippen LogP contribution in [0.15, 0.2) is 26.7 Å². The molecule has 1 unspecified atom stereocenters. The lowest BCUT2D eigenvalue weighted by molar-refractivity contribution is 0.384. The maximum Gasteiger partial charge on any atom is 0.237 e. The molecule has 2 heterocycles. The number of methoxy groups -OCH3 is 1. The predicted octanol–water partition coefficient (Wildman–Crippen LogP) is 3.38. The summed E-state index contributed by atoms with van der Waals surface area (Å²) in [4.78, 5) is 9.67. The van der Waals surface area contributed by atoms with Crippen molar-refractivity contribution in [3.8, 4) is 5.88 Å². The highest BCUT2D eigenvalue weighted by molar-refractivity contribution is 9.13. The fraction of sp³-hybridized carbons (Fsp3) is 0.273. The molecule has 0 saturated carbocycles. The van der Waals surface area contributed by atoms with E-state index in [4.69, 9.17) is 4.74 Å². The number of hydrogen-bond acceptors (Lipinski definition) is 5. The highest BCUT2D eigenvalue weighted by Crippen LogP contribution is 2.38. The first-order valence-electron chi connectivity index (χ1n) is 5.14. The summed E-state index contributed by atoms with van der Waals surface area (Å²) in [6.07, 6.45) is 3.29. The smallest absolute Gasteiger partial charge is 0.237 e. The van der Waals surface area contributed by atoms with Crippen LogP contribution in [0.4, 0.5) is 0 Å². The van der Waals surface area contributed by atoms with E-state index >= 15 is 0 Å². The molecule has 4 nitrogen and oxygen atoms in total. The Balaban J connectivity index is 2.45. The van der Waals surface area contributed by atoms with E-state index in [1.807, 2.05) is 7.05 Å². The van der Waals surface area contributed by atoms with E-state index < -0.39 is 0 Å². The number of nitrogens with zero attached hydrogens (tertiary/aromatic N) is 2. The molecule has 2 rings (SSSR count). The number of thiophene rings is 1. The van der Waals surface area contributed by atoms with Crippen LogP contribution < -0.4 is 10.1 Å². The van der Waals surface area contributed by atoms with Crippen molar-refractivity contribution in [1.82, 2.24) is 15.3 Å². The van der Waals surface area contributed by atoms with Gasteiger partial charge in [0, 0.05) is 21.7 Å². The van der Waals surface area contributed by atoms with Gasteiger partial charge in [-0.3, -0.25) is 4.98 Å². The number of aromatic nitrogens is 2. The minimum atomic E-state index is -0.0405. The van der Waals surface area contributed by atoms with E-state index in [1.54, 1.807) is 30.8 Å². The molecule has 1 atom stereocenters. The van der Waals surface area contributed by atoms with Gasteiger partial charge < -0.3 is 10.1 Å². The maximum atomic E-state index is 5.25. The van der Waals surface area contributed by atoms with Gasteiger partial charge in [0.2, 0.25) is 5.88 Å². The number of nitrogens with one attached hydrogen (secondary N) is 1. The zero-order chi connectivity index (χ0) is 13.1. The van der Waals surface area contributed by atoms with Crippen molar-refractivity contribution in [2.45, 2.75) is 6.04 Å². The third-order valence-electron chi connectivity index (χ3n) is 2.40. The van der Waals surface area contributed by atoms with Crippen molar-refractivity contribution >= 4 is 43.2 Å². The second kappa shape index (κ2) is 6.10. The number of ether oxygens (including phenoxy) is 1. The van der Waals surface area contributed by atoms with Gasteiger partial charge in [-0.1, -0.05) is 0 Å². The highest BCUT2D eigenvalue weighted by Gasteiger charge is 2.21. The van der Waals surface area contributed by atoms with Crippen molar-refractivity contribution in [2.75, 3.05) is 14.2 Å². The monoisotopic (exact) mass is 391 g/mol. The van der Waals surface area contributed by atoms with Crippen LogP contribution in [-0.2, 0) is 0 Å². The molecule has 96 valence electrons. The summed E-state index contributed by atoms with van der Waals surface area (Å²) in [7, 11) is 3.49. The molecule has 0 radical (unpaired) electrons. The highest BCUT2D eigenvalue weighted by atomic mass is 79.9. The van der Waals surface area contributed by atoms with Gasteiger partial charge in [-0.2, -0.15) is 0 Å². The quantitative estimate of drug-likeness (QED) is 0.866. The molecule has 0 fully saturated rings. The van der Waals surface area contributed by atoms with Gasteiger partial charge in [0.1, 0.15) is 5.69 Å². The molecule has 0 amide bonds. The van der Waals surface area contributed by atoms with Crippen LogP contribution in [0.2, 0.25) is 0 Å². The Hall–Kier alpha value is -0.500. The number of hydrogen-bond donors (Lipinski definition) is 1. The Morgan fingerprint density at radius 3 is 2.61 bits per heavy atom. The zero-order valence-electron chi connectivity index (χ0n) is 9.78. The van der Waals surface area contributed by atoms with Crippen LogP contribution in [0.25, 0.3) is 0 Å². The lowest BCUT2D eigenvalue weighted by atomic mass is 10.1. The molecule has 2 aromatic heterocycles. The van der Waals surface area contributed by atoms with E-state index in [0.717, 1.165) is 18.8 Å². The molecular weight excluding hydrogens is 382 g/mol. The van der Waals surface area contributed by atoms with Crippen LogP contribution in [0.3, 0.4) is 0 Å². The Kier molecular flexibility index (Phi) is 4.71. The van der Waals surface area contributed by atoms with Crippen LogP contribution >= 0.6 is 43.2 Å². The van der Waals surface area contributed by atoms with Gasteiger partial charge in [0.25, 0.3) is 0 Å². The van der Waals surface area contributed by atoms with Crippen LogP contribution in [-0.4, -0.2) is 24.1 Å². The molecule has 2 aromatic rings. The maximum absolute atomic E-state index is 5.25. The molecule has 1 N–H and O–H groups in total. The third-order valence-corrected chi connectivity index (χ3v) is 5.72. The van der Waals surface area contributed by atoms with Crippen molar-refractivity contribution < 1.29 is 4.74 Å². The summed E-state index contributed by atoms with van der Waals surface area (Å²) in [5.74, 6) is 0.539. The van der Waals surface area contributed by atoms with Gasteiger partial charge in [-0.25, -0.2) is 4.98 Å². The molecule has 0 bridgehead atoms. The van der Waals surface area contributed by atoms with E-state index in [1.165, 1.54) is 0 Å². The molecule has 7 heteroatoms. The fourth-order valence-corrected chi connectivity index (χ4v) is 3.81. The normalized spacial score (nSPS) is 12.4. The summed E-state index contributed by atoms with van der Waals surface area (Å²) in [6, 6.07) is 2.02. The lowest BCUT2D eigenvalue weighted by Crippen LogP contribution is -2.19. The second-order valence-corrected chi connectivity index (χ2v) is 6.70. The Morgan fingerprint density at radius 2 is 2.06 bits per heavy atom. The van der Waals surface area contributed by atoms with Gasteiger partial charge >= 0.3 is 0 Å². The number of rotatable bonds is 4. The molecule has 0 aliphatic rings. The van der Waals surface area contributed by atoms with Gasteiger partial charge in [0.05, 0.1) is 16.9 Å². The van der Waals surface area contributed by atoms with Crippen molar-refractivity contribution in [3.63, 3.8) is 0 Å². The Morgan fingerprint density at radius 1 is 1.33 bits per heavy atom. The van der Waals surface area contributed by atoms with E-state index in [2.05, 4.69) is 53.2 Å². The largest absolute Gasteiger partial charge is 0.480 e. The van der Waals surface area contributed by atoms with Gasteiger partial charge in [-0.05, 0) is 45.0 Å².